The quantitative estimate of drug-likeness (QED) is 0.736. The Morgan fingerprint density at radius 3 is 2.47 bits per heavy atom. The summed E-state index contributed by atoms with van der Waals surface area (Å²) >= 11 is 0. The lowest BCUT2D eigenvalue weighted by molar-refractivity contribution is 0.0367. The van der Waals surface area contributed by atoms with Gasteiger partial charge in [0, 0.05) is 38.3 Å². The molecule has 4 heteroatoms. The number of rotatable bonds is 6. The second-order valence-electron chi connectivity index (χ2n) is 7.09. The third-order valence-electron chi connectivity index (χ3n) is 5.16. The van der Waals surface area contributed by atoms with Gasteiger partial charge >= 0.3 is 0 Å². The summed E-state index contributed by atoms with van der Waals surface area (Å²) in [6.45, 7) is 7.09. The minimum atomic E-state index is -0.0225. The van der Waals surface area contributed by atoms with Crippen LogP contribution in [0, 0.1) is 5.92 Å². The summed E-state index contributed by atoms with van der Waals surface area (Å²) in [5.41, 5.74) is -0.0225. The van der Waals surface area contributed by atoms with Crippen LogP contribution in [0.1, 0.15) is 32.6 Å². The van der Waals surface area contributed by atoms with Gasteiger partial charge in [0.25, 0.3) is 0 Å². The third-order valence-corrected chi connectivity index (χ3v) is 5.16. The van der Waals surface area contributed by atoms with Gasteiger partial charge in [-0.15, -0.1) is 0 Å². The summed E-state index contributed by atoms with van der Waals surface area (Å²) in [7, 11) is 2.20. The summed E-state index contributed by atoms with van der Waals surface area (Å²) < 4.78 is 0. The smallest absolute Gasteiger partial charge is 0.0628 e. The standard InChI is InChI=1S/C15H29N3O/c1-12-9-17(2)7-8-18(12)10-15(11-19,13-3-4-13)16-14-5-6-14/h12-14,16,19H,3-11H2,1-2H3. The maximum atomic E-state index is 10.0. The highest BCUT2D eigenvalue weighted by Crippen LogP contribution is 2.42. The van der Waals surface area contributed by atoms with Crippen LogP contribution in [0.3, 0.4) is 0 Å². The van der Waals surface area contributed by atoms with E-state index in [9.17, 15) is 5.11 Å². The Kier molecular flexibility index (Phi) is 3.87. The topological polar surface area (TPSA) is 38.7 Å². The van der Waals surface area contributed by atoms with Crippen molar-refractivity contribution in [1.29, 1.82) is 0 Å². The van der Waals surface area contributed by atoms with E-state index in [1.807, 2.05) is 0 Å². The number of aliphatic hydroxyl groups excluding tert-OH is 1. The Morgan fingerprint density at radius 1 is 1.21 bits per heavy atom. The highest BCUT2D eigenvalue weighted by molar-refractivity contribution is 5.06. The zero-order valence-electron chi connectivity index (χ0n) is 12.4. The molecule has 19 heavy (non-hydrogen) atoms. The normalized spacial score (nSPS) is 33.3. The van der Waals surface area contributed by atoms with Crippen LogP contribution in [0.15, 0.2) is 0 Å². The maximum Gasteiger partial charge on any atom is 0.0628 e. The predicted octanol–water partition coefficient (Wildman–Crippen LogP) is 0.515. The molecular weight excluding hydrogens is 238 g/mol. The zero-order chi connectivity index (χ0) is 13.5. The molecule has 110 valence electrons. The molecule has 2 saturated carbocycles. The van der Waals surface area contributed by atoms with Gasteiger partial charge in [-0.05, 0) is 45.6 Å². The van der Waals surface area contributed by atoms with Gasteiger partial charge in [-0.25, -0.2) is 0 Å². The van der Waals surface area contributed by atoms with Gasteiger partial charge in [-0.1, -0.05) is 0 Å². The summed E-state index contributed by atoms with van der Waals surface area (Å²) in [5, 5.41) is 13.8. The van der Waals surface area contributed by atoms with E-state index in [1.54, 1.807) is 0 Å². The van der Waals surface area contributed by atoms with Crippen LogP contribution >= 0.6 is 0 Å². The molecule has 1 saturated heterocycles. The second-order valence-corrected chi connectivity index (χ2v) is 7.09. The lowest BCUT2D eigenvalue weighted by Crippen LogP contribution is -2.62. The van der Waals surface area contributed by atoms with E-state index in [-0.39, 0.29) is 5.54 Å². The molecule has 1 heterocycles. The molecule has 3 rings (SSSR count). The third kappa shape index (κ3) is 3.13. The van der Waals surface area contributed by atoms with Crippen LogP contribution in [0.5, 0.6) is 0 Å². The molecular formula is C15H29N3O. The van der Waals surface area contributed by atoms with Gasteiger partial charge in [0.15, 0.2) is 0 Å². The van der Waals surface area contributed by atoms with Crippen molar-refractivity contribution in [2.24, 2.45) is 5.92 Å². The molecule has 4 nitrogen and oxygen atoms in total. The molecule has 0 aromatic heterocycles. The first-order valence-electron chi connectivity index (χ1n) is 7.94. The lowest BCUT2D eigenvalue weighted by Gasteiger charge is -2.44. The molecule has 0 radical (unpaired) electrons. The molecule has 1 aliphatic heterocycles. The Morgan fingerprint density at radius 2 is 1.95 bits per heavy atom. The number of likely N-dealkylation sites (N-methyl/N-ethyl adjacent to an activating group) is 1. The van der Waals surface area contributed by atoms with Gasteiger partial charge in [-0.2, -0.15) is 0 Å². The van der Waals surface area contributed by atoms with Gasteiger partial charge in [0.1, 0.15) is 0 Å². The van der Waals surface area contributed by atoms with Crippen molar-refractivity contribution < 1.29 is 5.11 Å². The van der Waals surface area contributed by atoms with Crippen molar-refractivity contribution in [3.05, 3.63) is 0 Å². The molecule has 3 aliphatic rings. The molecule has 2 unspecified atom stereocenters. The molecule has 2 aliphatic carbocycles. The van der Waals surface area contributed by atoms with E-state index >= 15 is 0 Å². The fourth-order valence-electron chi connectivity index (χ4n) is 3.56. The van der Waals surface area contributed by atoms with E-state index < -0.39 is 0 Å². The molecule has 3 fully saturated rings. The molecule has 0 spiro atoms. The van der Waals surface area contributed by atoms with Crippen LogP contribution in [0.25, 0.3) is 0 Å². The van der Waals surface area contributed by atoms with Gasteiger partial charge in [0.2, 0.25) is 0 Å². The minimum Gasteiger partial charge on any atom is -0.394 e. The van der Waals surface area contributed by atoms with Crippen molar-refractivity contribution in [3.8, 4) is 0 Å². The van der Waals surface area contributed by atoms with Gasteiger partial charge < -0.3 is 15.3 Å². The fraction of sp³-hybridized carbons (Fsp3) is 1.00. The van der Waals surface area contributed by atoms with Crippen molar-refractivity contribution in [3.63, 3.8) is 0 Å². The van der Waals surface area contributed by atoms with Crippen molar-refractivity contribution >= 4 is 0 Å². The minimum absolute atomic E-state index is 0.0225. The van der Waals surface area contributed by atoms with E-state index in [1.165, 1.54) is 25.7 Å². The Hall–Kier alpha value is -0.160. The van der Waals surface area contributed by atoms with Crippen LogP contribution in [-0.4, -0.2) is 72.4 Å². The van der Waals surface area contributed by atoms with Crippen molar-refractivity contribution in [2.45, 2.75) is 50.2 Å². The maximum absolute atomic E-state index is 10.0. The Bertz CT molecular complexity index is 317. The second kappa shape index (κ2) is 5.32. The van der Waals surface area contributed by atoms with Crippen molar-refractivity contribution in [1.82, 2.24) is 15.1 Å². The van der Waals surface area contributed by atoms with Crippen LogP contribution < -0.4 is 5.32 Å². The highest BCUT2D eigenvalue weighted by Gasteiger charge is 2.48. The molecule has 2 N–H and O–H groups in total. The van der Waals surface area contributed by atoms with Crippen LogP contribution in [-0.2, 0) is 0 Å². The van der Waals surface area contributed by atoms with Crippen LogP contribution in [0.2, 0.25) is 0 Å². The molecule has 0 amide bonds. The Labute approximate surface area is 117 Å². The SMILES string of the molecule is CC1CN(C)CCN1CC(CO)(NC1CC1)C1CC1. The van der Waals surface area contributed by atoms with E-state index in [2.05, 4.69) is 29.1 Å². The van der Waals surface area contributed by atoms with E-state index in [0.717, 1.165) is 26.2 Å². The number of hydrogen-bond donors (Lipinski definition) is 2. The molecule has 0 bridgehead atoms. The lowest BCUT2D eigenvalue weighted by atomic mass is 9.92. The van der Waals surface area contributed by atoms with Crippen molar-refractivity contribution in [2.75, 3.05) is 39.8 Å². The fourth-order valence-corrected chi connectivity index (χ4v) is 3.56. The van der Waals surface area contributed by atoms with E-state index in [4.69, 9.17) is 0 Å². The first kappa shape index (κ1) is 13.8. The number of aliphatic hydroxyl groups is 1. The average Bonchev–Trinajstić information content (AvgIpc) is 3.25. The number of nitrogens with zero attached hydrogens (tertiary/aromatic N) is 2. The highest BCUT2D eigenvalue weighted by atomic mass is 16.3. The summed E-state index contributed by atoms with van der Waals surface area (Å²) in [5.74, 6) is 0.699. The number of nitrogens with one attached hydrogen (secondary N) is 1. The van der Waals surface area contributed by atoms with Gasteiger partial charge in [0.05, 0.1) is 12.1 Å². The molecule has 0 aromatic carbocycles. The largest absolute Gasteiger partial charge is 0.394 e. The van der Waals surface area contributed by atoms with Crippen LogP contribution in [0.4, 0.5) is 0 Å². The molecule has 2 atom stereocenters. The summed E-state index contributed by atoms with van der Waals surface area (Å²) in [6.07, 6.45) is 5.18. The van der Waals surface area contributed by atoms with Gasteiger partial charge in [-0.3, -0.25) is 4.90 Å². The summed E-state index contributed by atoms with van der Waals surface area (Å²) in [4.78, 5) is 5.00. The number of hydrogen-bond acceptors (Lipinski definition) is 4. The predicted molar refractivity (Wildman–Crippen MR) is 77.2 cm³/mol. The monoisotopic (exact) mass is 267 g/mol. The Balaban J connectivity index is 1.65. The first-order chi connectivity index (χ1) is 9.13. The summed E-state index contributed by atoms with van der Waals surface area (Å²) in [6, 6.07) is 1.28. The average molecular weight is 267 g/mol. The van der Waals surface area contributed by atoms with E-state index in [0.29, 0.717) is 24.6 Å². The zero-order valence-corrected chi connectivity index (χ0v) is 12.4. The number of piperazine rings is 1. The molecule has 0 aromatic rings. The first-order valence-corrected chi connectivity index (χ1v) is 7.94.